The number of likely N-dealkylation sites (tertiary alicyclic amines) is 1. The average molecular weight is 342 g/mol. The quantitative estimate of drug-likeness (QED) is 0.896. The van der Waals surface area contributed by atoms with E-state index < -0.39 is 0 Å². The molecule has 1 fully saturated rings. The van der Waals surface area contributed by atoms with Gasteiger partial charge in [-0.3, -0.25) is 9.69 Å². The molecule has 0 saturated carbocycles. The summed E-state index contributed by atoms with van der Waals surface area (Å²) in [6.07, 6.45) is 1.04. The van der Waals surface area contributed by atoms with Crippen LogP contribution in [0, 0.1) is 5.41 Å². The Morgan fingerprint density at radius 2 is 2.32 bits per heavy atom. The second-order valence-electron chi connectivity index (χ2n) is 5.96. The van der Waals surface area contributed by atoms with Gasteiger partial charge >= 0.3 is 0 Å². The number of nitrogens with one attached hydrogen (secondary N) is 1. The van der Waals surface area contributed by atoms with Gasteiger partial charge in [-0.15, -0.1) is 12.4 Å². The largest absolute Gasteiger partial charge is 0.330 e. The first-order valence-electron chi connectivity index (χ1n) is 7.03. The van der Waals surface area contributed by atoms with Gasteiger partial charge in [0.05, 0.1) is 23.6 Å². The first-order valence-corrected chi connectivity index (χ1v) is 7.76. The van der Waals surface area contributed by atoms with Gasteiger partial charge < -0.3 is 11.1 Å². The second kappa shape index (κ2) is 6.87. The molecule has 1 atom stereocenters. The summed E-state index contributed by atoms with van der Waals surface area (Å²) in [5, 5.41) is 2.94. The predicted molar refractivity (Wildman–Crippen MR) is 92.1 cm³/mol. The van der Waals surface area contributed by atoms with E-state index in [1.54, 1.807) is 0 Å². The van der Waals surface area contributed by atoms with Crippen LogP contribution in [0.4, 0.5) is 17.1 Å². The minimum atomic E-state index is -0.0169. The zero-order chi connectivity index (χ0) is 14.9. The summed E-state index contributed by atoms with van der Waals surface area (Å²) in [4.78, 5) is 14.4. The highest BCUT2D eigenvalue weighted by Gasteiger charge is 2.33. The Morgan fingerprint density at radius 3 is 3.05 bits per heavy atom. The van der Waals surface area contributed by atoms with Crippen molar-refractivity contribution in [3.05, 3.63) is 18.2 Å². The summed E-state index contributed by atoms with van der Waals surface area (Å²) in [5.41, 5.74) is 8.23. The summed E-state index contributed by atoms with van der Waals surface area (Å²) in [6, 6.07) is 5.62. The number of anilines is 1. The van der Waals surface area contributed by atoms with E-state index in [1.165, 1.54) is 0 Å². The summed E-state index contributed by atoms with van der Waals surface area (Å²) < 4.78 is 8.40. The molecule has 1 amide bonds. The molecule has 8 heteroatoms. The number of carbonyl (C=O) groups excluding carboxylic acids is 1. The molecule has 1 unspecified atom stereocenters. The maximum atomic E-state index is 12.2. The van der Waals surface area contributed by atoms with Crippen LogP contribution in [0.15, 0.2) is 26.9 Å². The van der Waals surface area contributed by atoms with Crippen molar-refractivity contribution in [1.82, 2.24) is 4.90 Å². The second-order valence-corrected chi connectivity index (χ2v) is 6.49. The standard InChI is InChI=1S/C14H19N5OS.ClH/c1-14(8-15)5-6-19(9-14)7-12(20)16-10-3-2-4-11-13(10)18-21-17-11;/h2-4H,5-9,15H2,1H3,(H,16,20);1H. The number of nitrogens with zero attached hydrogens (tertiary/aromatic N) is 3. The van der Waals surface area contributed by atoms with Crippen molar-refractivity contribution in [1.29, 1.82) is 0 Å². The van der Waals surface area contributed by atoms with Crippen LogP contribution in [0.5, 0.6) is 0 Å². The van der Waals surface area contributed by atoms with Crippen molar-refractivity contribution < 1.29 is 4.79 Å². The lowest BCUT2D eigenvalue weighted by Crippen LogP contribution is -2.35. The van der Waals surface area contributed by atoms with Crippen LogP contribution in [0.3, 0.4) is 0 Å². The van der Waals surface area contributed by atoms with Crippen LogP contribution >= 0.6 is 12.4 Å². The smallest absolute Gasteiger partial charge is 0.238 e. The first-order chi connectivity index (χ1) is 10.1. The molecule has 120 valence electrons. The minimum Gasteiger partial charge on any atom is -0.330 e. The fourth-order valence-corrected chi connectivity index (χ4v) is 3.28. The Labute approximate surface area is 139 Å². The van der Waals surface area contributed by atoms with Crippen LogP contribution in [-0.4, -0.2) is 37.0 Å². The van der Waals surface area contributed by atoms with Gasteiger partial charge in [0, 0.05) is 6.54 Å². The van der Waals surface area contributed by atoms with Crippen molar-refractivity contribution >= 4 is 46.7 Å². The van der Waals surface area contributed by atoms with E-state index in [4.69, 9.17) is 5.73 Å². The average Bonchev–Trinajstić information content (AvgIpc) is 3.07. The summed E-state index contributed by atoms with van der Waals surface area (Å²) in [5.74, 6) is -0.0169. The molecule has 3 N–H and O–H groups in total. The Bertz CT molecular complexity index is 646. The first kappa shape index (κ1) is 17.1. The van der Waals surface area contributed by atoms with Crippen LogP contribution in [-0.2, 0) is 16.1 Å². The summed E-state index contributed by atoms with van der Waals surface area (Å²) in [6.45, 7) is 5.02. The lowest BCUT2D eigenvalue weighted by atomic mass is 9.90. The van der Waals surface area contributed by atoms with Crippen LogP contribution in [0.1, 0.15) is 13.3 Å². The van der Waals surface area contributed by atoms with Gasteiger partial charge in [-0.2, -0.15) is 8.73 Å². The summed E-state index contributed by atoms with van der Waals surface area (Å²) in [7, 11) is 0. The normalized spacial score (nSPS) is 22.8. The zero-order valence-corrected chi connectivity index (χ0v) is 14.0. The van der Waals surface area contributed by atoms with E-state index >= 15 is 0 Å². The topological polar surface area (TPSA) is 83.1 Å². The van der Waals surface area contributed by atoms with E-state index in [9.17, 15) is 4.79 Å². The van der Waals surface area contributed by atoms with Crippen LogP contribution in [0.2, 0.25) is 0 Å². The number of carbonyl (C=O) groups is 1. The lowest BCUT2D eigenvalue weighted by Gasteiger charge is -2.22. The van der Waals surface area contributed by atoms with E-state index in [1.807, 2.05) is 18.2 Å². The Morgan fingerprint density at radius 1 is 1.50 bits per heavy atom. The van der Waals surface area contributed by atoms with Crippen molar-refractivity contribution in [2.45, 2.75) is 13.3 Å². The van der Waals surface area contributed by atoms with E-state index in [0.717, 1.165) is 47.9 Å². The predicted octanol–water partition coefficient (Wildman–Crippen LogP) is 2.44. The molecule has 0 aromatic heterocycles. The van der Waals surface area contributed by atoms with E-state index in [0.29, 0.717) is 13.1 Å². The molecule has 22 heavy (non-hydrogen) atoms. The molecule has 0 aliphatic carbocycles. The van der Waals surface area contributed by atoms with E-state index in [2.05, 4.69) is 25.9 Å². The molecular weight excluding hydrogens is 322 g/mol. The van der Waals surface area contributed by atoms with Gasteiger partial charge in [-0.05, 0) is 37.1 Å². The number of halogens is 1. The maximum absolute atomic E-state index is 12.2. The molecule has 1 saturated heterocycles. The molecule has 3 rings (SSSR count). The number of amides is 1. The van der Waals surface area contributed by atoms with Crippen molar-refractivity contribution in [3.63, 3.8) is 0 Å². The number of rotatable bonds is 4. The van der Waals surface area contributed by atoms with Crippen LogP contribution < -0.4 is 11.1 Å². The Hall–Kier alpha value is -1.28. The van der Waals surface area contributed by atoms with Gasteiger partial charge in [-0.1, -0.05) is 13.0 Å². The molecule has 2 aliphatic heterocycles. The molecule has 1 aromatic rings. The third-order valence-corrected chi connectivity index (χ3v) is 4.60. The third kappa shape index (κ3) is 3.55. The van der Waals surface area contributed by atoms with Gasteiger partial charge in [0.2, 0.25) is 5.91 Å². The highest BCUT2D eigenvalue weighted by Crippen LogP contribution is 2.38. The lowest BCUT2D eigenvalue weighted by molar-refractivity contribution is -0.117. The highest BCUT2D eigenvalue weighted by atomic mass is 35.5. The Kier molecular flexibility index (Phi) is 5.33. The number of nitrogens with two attached hydrogens (primary N) is 1. The zero-order valence-electron chi connectivity index (χ0n) is 12.4. The third-order valence-electron chi connectivity index (χ3n) is 4.06. The van der Waals surface area contributed by atoms with Crippen molar-refractivity contribution in [2.24, 2.45) is 19.9 Å². The summed E-state index contributed by atoms with van der Waals surface area (Å²) >= 11 is 1.15. The number of hydrogen-bond donors (Lipinski definition) is 2. The maximum Gasteiger partial charge on any atom is 0.238 e. The SMILES string of the molecule is CC1(CN)CCN(CC(=O)Nc2cccc3c2N=S=N3)C1.Cl. The molecule has 2 heterocycles. The van der Waals surface area contributed by atoms with Crippen LogP contribution in [0.25, 0.3) is 0 Å². The highest BCUT2D eigenvalue weighted by molar-refractivity contribution is 7.58. The molecular formula is C14H20ClN5OS. The van der Waals surface area contributed by atoms with Crippen molar-refractivity contribution in [3.8, 4) is 0 Å². The van der Waals surface area contributed by atoms with Gasteiger partial charge in [0.1, 0.15) is 11.4 Å². The molecule has 0 bridgehead atoms. The number of fused-ring (bicyclic) bond motifs is 1. The fourth-order valence-electron chi connectivity index (χ4n) is 2.73. The monoisotopic (exact) mass is 341 g/mol. The molecule has 0 radical (unpaired) electrons. The number of benzene rings is 1. The fraction of sp³-hybridized carbons (Fsp3) is 0.500. The van der Waals surface area contributed by atoms with Crippen molar-refractivity contribution in [2.75, 3.05) is 31.5 Å². The van der Waals surface area contributed by atoms with Gasteiger partial charge in [-0.25, -0.2) is 0 Å². The van der Waals surface area contributed by atoms with E-state index in [-0.39, 0.29) is 23.7 Å². The minimum absolute atomic E-state index is 0. The molecule has 0 spiro atoms. The Balaban J connectivity index is 0.00000176. The number of hydrogen-bond acceptors (Lipinski definition) is 5. The van der Waals surface area contributed by atoms with Gasteiger partial charge in [0.15, 0.2) is 0 Å². The molecule has 1 aromatic carbocycles. The molecule has 6 nitrogen and oxygen atoms in total. The van der Waals surface area contributed by atoms with Gasteiger partial charge in [0.25, 0.3) is 0 Å². The molecule has 2 aliphatic rings.